The van der Waals surface area contributed by atoms with Crippen LogP contribution in [-0.4, -0.2) is 97.9 Å². The van der Waals surface area contributed by atoms with E-state index in [2.05, 4.69) is 66.8 Å². The van der Waals surface area contributed by atoms with Gasteiger partial charge in [0.1, 0.15) is 29.0 Å². The summed E-state index contributed by atoms with van der Waals surface area (Å²) >= 11 is 0. The number of dihydropyridines is 1. The number of aromatic nitrogens is 2. The number of allylic oxidation sites excluding steroid dienone is 6. The highest BCUT2D eigenvalue weighted by molar-refractivity contribution is 6.11. The van der Waals surface area contributed by atoms with Crippen LogP contribution in [0.1, 0.15) is 123 Å². The van der Waals surface area contributed by atoms with Gasteiger partial charge in [-0.25, -0.2) is 9.98 Å². The van der Waals surface area contributed by atoms with E-state index in [9.17, 15) is 20.7 Å². The molecule has 5 fully saturated rings. The van der Waals surface area contributed by atoms with Crippen molar-refractivity contribution in [2.45, 2.75) is 131 Å². The molecule has 326 valence electrons. The molecule has 4 saturated carbocycles. The summed E-state index contributed by atoms with van der Waals surface area (Å²) in [4.78, 5) is 13.5. The van der Waals surface area contributed by atoms with Gasteiger partial charge in [-0.15, -0.1) is 0 Å². The Hall–Kier alpha value is -4.46. The zero-order chi connectivity index (χ0) is 43.0. The number of rotatable bonds is 14. The third kappa shape index (κ3) is 9.09. The molecule has 60 heavy (non-hydrogen) atoms. The minimum atomic E-state index is -0.821. The average Bonchev–Trinajstić information content (AvgIpc) is 3.52. The molecular weight excluding hydrogens is 755 g/mol. The maximum atomic E-state index is 10.7. The highest BCUT2D eigenvalue weighted by atomic mass is 16.5. The van der Waals surface area contributed by atoms with Gasteiger partial charge >= 0.3 is 0 Å². The molecule has 0 amide bonds. The highest BCUT2D eigenvalue weighted by Crippen LogP contribution is 2.72. The number of nitrogens with zero attached hydrogens (tertiary/aromatic N) is 6. The van der Waals surface area contributed by atoms with Crippen LogP contribution in [0.25, 0.3) is 5.57 Å². The van der Waals surface area contributed by atoms with Gasteiger partial charge in [-0.2, -0.15) is 5.10 Å². The number of unbranched alkanes of at least 4 members (excludes halogenated alkanes) is 1. The molecule has 5 aliphatic carbocycles. The lowest BCUT2D eigenvalue weighted by atomic mass is 9.39. The highest BCUT2D eigenvalue weighted by Gasteiger charge is 2.66. The van der Waals surface area contributed by atoms with Crippen LogP contribution in [0.2, 0.25) is 0 Å². The number of hydrogen-bond acceptors (Lipinski definition) is 9. The molecule has 1 aromatic rings. The van der Waals surface area contributed by atoms with Crippen LogP contribution < -0.4 is 11.1 Å². The number of aliphatic hydroxyl groups is 3. The molecule has 0 radical (unpaired) electrons. The zero-order valence-electron chi connectivity index (χ0n) is 37.1. The van der Waals surface area contributed by atoms with Crippen LogP contribution >= 0.6 is 0 Å². The number of likely N-dealkylation sites (N-methyl/N-ethyl adjacent to an activating group) is 1. The molecule has 1 aromatic heterocycles. The van der Waals surface area contributed by atoms with Crippen molar-refractivity contribution in [2.75, 3.05) is 39.9 Å². The molecule has 13 heteroatoms. The Labute approximate surface area is 356 Å². The van der Waals surface area contributed by atoms with E-state index in [4.69, 9.17) is 20.6 Å². The summed E-state index contributed by atoms with van der Waals surface area (Å²) in [5.41, 5.74) is 13.0. The Balaban J connectivity index is 1.09. The predicted molar refractivity (Wildman–Crippen MR) is 239 cm³/mol. The molecule has 2 unspecified atom stereocenters. The van der Waals surface area contributed by atoms with Gasteiger partial charge in [0.05, 0.1) is 24.1 Å². The van der Waals surface area contributed by atoms with Gasteiger partial charge in [0.2, 0.25) is 0 Å². The number of hydrogen-bond donors (Lipinski definition) is 6. The van der Waals surface area contributed by atoms with E-state index in [1.807, 2.05) is 37.1 Å². The molecule has 0 spiro atoms. The number of aliphatic imine (C=N–C) groups is 2. The molecule has 7 N–H and O–H groups in total. The smallest absolute Gasteiger partial charge is 0.299 e. The number of aliphatic hydroxyl groups excluding tert-OH is 2. The Bertz CT molecular complexity index is 2090. The molecule has 8 rings (SSSR count). The largest absolute Gasteiger partial charge is 0.480 e. The normalized spacial score (nSPS) is 30.3. The lowest BCUT2D eigenvalue weighted by Crippen LogP contribution is -2.64. The number of likely N-dealkylation sites (tertiary alicyclic amines) is 1. The minimum Gasteiger partial charge on any atom is -0.480 e. The quantitative estimate of drug-likeness (QED) is 0.0470. The number of piperidine rings is 1. The molecule has 0 aromatic carbocycles. The lowest BCUT2D eigenvalue weighted by Gasteiger charge is -2.69. The van der Waals surface area contributed by atoms with Crippen molar-refractivity contribution in [3.05, 3.63) is 81.6 Å². The number of amidine groups is 3. The molecule has 4 atom stereocenters. The summed E-state index contributed by atoms with van der Waals surface area (Å²) < 4.78 is 9.11. The summed E-state index contributed by atoms with van der Waals surface area (Å²) in [5, 5.41) is 48.1. The SMILES string of the molecule is CC1=CCCC=C1N=C(C)N=C(N)/C(C)=C1/CCCN(C2=CC=C(c3cnn(CC45CC6(OCCN(C)CCCCO)C[C@](C)(C4)C[C@](C)(C5)C6)c3C)C(=C(O)O)N2)C1=N. The number of nitrogens with two attached hydrogens (primary N) is 1. The zero-order valence-corrected chi connectivity index (χ0v) is 37.1. The molecular formula is C47H69N9O4. The van der Waals surface area contributed by atoms with Crippen LogP contribution in [0.4, 0.5) is 0 Å². The predicted octanol–water partition coefficient (Wildman–Crippen LogP) is 7.93. The fraction of sp³-hybridized carbons (Fsp3) is 0.617. The number of ether oxygens (including phenoxy) is 1. The van der Waals surface area contributed by atoms with E-state index < -0.39 is 5.95 Å². The Morgan fingerprint density at radius 3 is 2.45 bits per heavy atom. The summed E-state index contributed by atoms with van der Waals surface area (Å²) in [6.07, 6.45) is 21.9. The second-order valence-corrected chi connectivity index (χ2v) is 19.6. The van der Waals surface area contributed by atoms with Crippen molar-refractivity contribution in [2.24, 2.45) is 32.0 Å². The lowest BCUT2D eigenvalue weighted by molar-refractivity contribution is -0.248. The van der Waals surface area contributed by atoms with Crippen molar-refractivity contribution < 1.29 is 20.1 Å². The van der Waals surface area contributed by atoms with E-state index in [-0.39, 0.29) is 34.1 Å². The Morgan fingerprint density at radius 1 is 1.02 bits per heavy atom. The van der Waals surface area contributed by atoms with Crippen LogP contribution in [0.3, 0.4) is 0 Å². The first kappa shape index (κ1) is 43.6. The number of nitrogens with one attached hydrogen (secondary N) is 2. The monoisotopic (exact) mass is 824 g/mol. The van der Waals surface area contributed by atoms with E-state index in [0.717, 1.165) is 118 Å². The van der Waals surface area contributed by atoms with Gasteiger partial charge in [-0.3, -0.25) is 10.1 Å². The molecule has 1 saturated heterocycles. The summed E-state index contributed by atoms with van der Waals surface area (Å²) in [5.74, 6) is 0.943. The molecule has 2 aliphatic heterocycles. The van der Waals surface area contributed by atoms with Crippen molar-refractivity contribution in [1.29, 1.82) is 5.41 Å². The molecule has 4 bridgehead atoms. The van der Waals surface area contributed by atoms with Crippen molar-refractivity contribution in [3.63, 3.8) is 0 Å². The summed E-state index contributed by atoms with van der Waals surface area (Å²) in [6, 6.07) is 0. The van der Waals surface area contributed by atoms with E-state index in [1.54, 1.807) is 0 Å². The van der Waals surface area contributed by atoms with Gasteiger partial charge in [0.25, 0.3) is 5.95 Å². The Morgan fingerprint density at radius 2 is 1.75 bits per heavy atom. The van der Waals surface area contributed by atoms with Gasteiger partial charge in [-0.1, -0.05) is 26.0 Å². The maximum absolute atomic E-state index is 10.7. The second-order valence-electron chi connectivity index (χ2n) is 19.6. The third-order valence-corrected chi connectivity index (χ3v) is 13.9. The maximum Gasteiger partial charge on any atom is 0.299 e. The van der Waals surface area contributed by atoms with Gasteiger partial charge < -0.3 is 40.9 Å². The van der Waals surface area contributed by atoms with Crippen LogP contribution in [0.5, 0.6) is 0 Å². The average molecular weight is 824 g/mol. The third-order valence-electron chi connectivity index (χ3n) is 13.9. The van der Waals surface area contributed by atoms with Crippen molar-refractivity contribution in [1.82, 2.24) is 24.9 Å². The van der Waals surface area contributed by atoms with Crippen molar-refractivity contribution >= 4 is 23.1 Å². The van der Waals surface area contributed by atoms with Gasteiger partial charge in [0.15, 0.2) is 0 Å². The Kier molecular flexibility index (Phi) is 12.5. The fourth-order valence-corrected chi connectivity index (χ4v) is 12.3. The van der Waals surface area contributed by atoms with Crippen LogP contribution in [-0.2, 0) is 11.3 Å². The standard InChI is InChI=1S/C47H69N9O4/c1-31-13-8-9-15-38(31)51-34(4)52-41(48)32(2)35-14-12-19-55(42(35)49)39-17-16-36(40(53-39)43(58)59)37-23-50-56(33(37)3)30-46-25-44(5)24-45(6,26-46)28-47(27-44,29-46)60-22-20-54(7)18-10-11-21-57/h13,15-17,23,49,53,57-59H,8-12,14,18-22,24-30H2,1-7H3,(H2,48,51,52)/b35-32-,49-42?/t44-,45+,46?,47?. The second kappa shape index (κ2) is 17.1. The van der Waals surface area contributed by atoms with E-state index in [1.165, 1.54) is 6.42 Å². The van der Waals surface area contributed by atoms with Crippen LogP contribution in [0.15, 0.2) is 80.4 Å². The molecule has 13 nitrogen and oxygen atoms in total. The van der Waals surface area contributed by atoms with E-state index in [0.29, 0.717) is 48.5 Å². The topological polar surface area (TPSA) is 181 Å². The molecule has 7 aliphatic rings. The molecule has 3 heterocycles. The first-order valence-electron chi connectivity index (χ1n) is 22.1. The van der Waals surface area contributed by atoms with Crippen molar-refractivity contribution in [3.8, 4) is 0 Å². The van der Waals surface area contributed by atoms with Crippen LogP contribution in [0, 0.1) is 28.6 Å². The first-order valence-corrected chi connectivity index (χ1v) is 22.1. The summed E-state index contributed by atoms with van der Waals surface area (Å²) in [7, 11) is 2.14. The van der Waals surface area contributed by atoms with Gasteiger partial charge in [-0.05, 0) is 158 Å². The fourth-order valence-electron chi connectivity index (χ4n) is 12.3. The van der Waals surface area contributed by atoms with E-state index >= 15 is 0 Å². The van der Waals surface area contributed by atoms with Gasteiger partial charge in [0, 0.05) is 48.6 Å². The first-order chi connectivity index (χ1) is 28.5. The minimum absolute atomic E-state index is 0.0459. The summed E-state index contributed by atoms with van der Waals surface area (Å²) in [6.45, 7) is 17.0.